The van der Waals surface area contributed by atoms with E-state index >= 15 is 0 Å². The van der Waals surface area contributed by atoms with Gasteiger partial charge < -0.3 is 4.98 Å². The number of aryl methyl sites for hydroxylation is 1. The van der Waals surface area contributed by atoms with Crippen molar-refractivity contribution in [2.75, 3.05) is 0 Å². The van der Waals surface area contributed by atoms with Crippen LogP contribution in [0.15, 0.2) is 24.4 Å². The minimum atomic E-state index is 0.718. The average Bonchev–Trinajstić information content (AvgIpc) is 2.47. The van der Waals surface area contributed by atoms with Crippen molar-refractivity contribution in [1.82, 2.24) is 4.98 Å². The van der Waals surface area contributed by atoms with E-state index in [0.29, 0.717) is 0 Å². The van der Waals surface area contributed by atoms with Crippen molar-refractivity contribution in [2.45, 2.75) is 27.2 Å². The highest BCUT2D eigenvalue weighted by Crippen LogP contribution is 2.21. The van der Waals surface area contributed by atoms with Crippen LogP contribution in [-0.2, 0) is 6.42 Å². The lowest BCUT2D eigenvalue weighted by Gasteiger charge is -2.02. The Morgan fingerprint density at radius 2 is 2.07 bits per heavy atom. The summed E-state index contributed by atoms with van der Waals surface area (Å²) >= 11 is 0. The number of hydrogen-bond donors (Lipinski definition) is 1. The first kappa shape index (κ1) is 9.32. The number of H-pyrrole nitrogens is 1. The van der Waals surface area contributed by atoms with Gasteiger partial charge in [0, 0.05) is 17.1 Å². The molecule has 0 radical (unpaired) electrons. The largest absolute Gasteiger partial charge is 0.361 e. The molecule has 2 rings (SSSR count). The van der Waals surface area contributed by atoms with Crippen molar-refractivity contribution < 1.29 is 0 Å². The number of aromatic amines is 1. The van der Waals surface area contributed by atoms with Crippen molar-refractivity contribution in [3.8, 4) is 0 Å². The van der Waals surface area contributed by atoms with Crippen molar-refractivity contribution in [1.29, 1.82) is 0 Å². The second kappa shape index (κ2) is 3.49. The maximum Gasteiger partial charge on any atom is 0.0459 e. The number of rotatable bonds is 2. The maximum absolute atomic E-state index is 3.33. The van der Waals surface area contributed by atoms with Gasteiger partial charge in [-0.15, -0.1) is 0 Å². The van der Waals surface area contributed by atoms with E-state index in [-0.39, 0.29) is 0 Å². The third-order valence-corrected chi connectivity index (χ3v) is 2.55. The van der Waals surface area contributed by atoms with Crippen LogP contribution in [-0.4, -0.2) is 4.98 Å². The Hall–Kier alpha value is -1.24. The standard InChI is InChI=1S/C13H17N/c1-9(2)6-11-8-14-13-7-10(3)4-5-12(11)13/h4-5,7-9,14H,6H2,1-3H3. The van der Waals surface area contributed by atoms with Crippen LogP contribution < -0.4 is 0 Å². The van der Waals surface area contributed by atoms with Gasteiger partial charge in [-0.1, -0.05) is 26.0 Å². The van der Waals surface area contributed by atoms with E-state index in [0.717, 1.165) is 12.3 Å². The second-order valence-corrected chi connectivity index (χ2v) is 4.46. The smallest absolute Gasteiger partial charge is 0.0459 e. The molecule has 0 fully saturated rings. The highest BCUT2D eigenvalue weighted by Gasteiger charge is 2.04. The molecule has 1 heterocycles. The van der Waals surface area contributed by atoms with Crippen LogP contribution in [0.3, 0.4) is 0 Å². The van der Waals surface area contributed by atoms with E-state index in [4.69, 9.17) is 0 Å². The van der Waals surface area contributed by atoms with Crippen LogP contribution in [0, 0.1) is 12.8 Å². The predicted molar refractivity (Wildman–Crippen MR) is 61.6 cm³/mol. The molecule has 0 saturated heterocycles. The lowest BCUT2D eigenvalue weighted by Crippen LogP contribution is -1.92. The van der Waals surface area contributed by atoms with Crippen LogP contribution in [0.1, 0.15) is 25.0 Å². The molecule has 14 heavy (non-hydrogen) atoms. The van der Waals surface area contributed by atoms with Crippen LogP contribution >= 0.6 is 0 Å². The summed E-state index contributed by atoms with van der Waals surface area (Å²) in [6.45, 7) is 6.64. The van der Waals surface area contributed by atoms with Gasteiger partial charge in [-0.3, -0.25) is 0 Å². The van der Waals surface area contributed by atoms with Gasteiger partial charge in [0.15, 0.2) is 0 Å². The Bertz CT molecular complexity index is 437. The number of hydrogen-bond acceptors (Lipinski definition) is 0. The molecule has 0 amide bonds. The van der Waals surface area contributed by atoms with Crippen LogP contribution in [0.25, 0.3) is 10.9 Å². The van der Waals surface area contributed by atoms with Gasteiger partial charge in [0.05, 0.1) is 0 Å². The van der Waals surface area contributed by atoms with Crippen LogP contribution in [0.5, 0.6) is 0 Å². The van der Waals surface area contributed by atoms with E-state index in [9.17, 15) is 0 Å². The molecule has 1 aromatic heterocycles. The molecule has 1 aromatic carbocycles. The normalized spacial score (nSPS) is 11.4. The van der Waals surface area contributed by atoms with Crippen LogP contribution in [0.4, 0.5) is 0 Å². The van der Waals surface area contributed by atoms with Crippen molar-refractivity contribution in [3.63, 3.8) is 0 Å². The molecule has 0 unspecified atom stereocenters. The molecule has 0 spiro atoms. The van der Waals surface area contributed by atoms with Gasteiger partial charge in [-0.25, -0.2) is 0 Å². The first-order valence-corrected chi connectivity index (χ1v) is 5.23. The number of nitrogens with one attached hydrogen (secondary N) is 1. The summed E-state index contributed by atoms with van der Waals surface area (Å²) in [4.78, 5) is 3.33. The van der Waals surface area contributed by atoms with Gasteiger partial charge in [-0.05, 0) is 36.5 Å². The third-order valence-electron chi connectivity index (χ3n) is 2.55. The van der Waals surface area contributed by atoms with E-state index < -0.39 is 0 Å². The van der Waals surface area contributed by atoms with E-state index in [1.165, 1.54) is 22.0 Å². The zero-order valence-electron chi connectivity index (χ0n) is 9.09. The van der Waals surface area contributed by atoms with Crippen molar-refractivity contribution in [3.05, 3.63) is 35.5 Å². The van der Waals surface area contributed by atoms with Crippen molar-refractivity contribution >= 4 is 10.9 Å². The zero-order chi connectivity index (χ0) is 10.1. The quantitative estimate of drug-likeness (QED) is 0.738. The molecular formula is C13H17N. The summed E-state index contributed by atoms with van der Waals surface area (Å²) in [5.74, 6) is 0.718. The summed E-state index contributed by atoms with van der Waals surface area (Å²) in [6.07, 6.45) is 3.30. The topological polar surface area (TPSA) is 15.8 Å². The molecule has 0 aliphatic carbocycles. The molecule has 1 heteroatoms. The van der Waals surface area contributed by atoms with E-state index in [1.807, 2.05) is 0 Å². The Morgan fingerprint density at radius 1 is 1.29 bits per heavy atom. The predicted octanol–water partition coefficient (Wildman–Crippen LogP) is 3.67. The molecule has 1 N–H and O–H groups in total. The SMILES string of the molecule is Cc1ccc2c(CC(C)C)c[nH]c2c1. The Morgan fingerprint density at radius 3 is 2.79 bits per heavy atom. The molecule has 0 saturated carbocycles. The minimum Gasteiger partial charge on any atom is -0.361 e. The molecule has 1 nitrogen and oxygen atoms in total. The molecular weight excluding hydrogens is 170 g/mol. The highest BCUT2D eigenvalue weighted by molar-refractivity contribution is 5.83. The fraction of sp³-hybridized carbons (Fsp3) is 0.385. The van der Waals surface area contributed by atoms with Gasteiger partial charge in [-0.2, -0.15) is 0 Å². The highest BCUT2D eigenvalue weighted by atomic mass is 14.7. The zero-order valence-corrected chi connectivity index (χ0v) is 9.09. The molecule has 0 aliphatic heterocycles. The summed E-state index contributed by atoms with van der Waals surface area (Å²) < 4.78 is 0. The molecule has 2 aromatic rings. The summed E-state index contributed by atoms with van der Waals surface area (Å²) in [6, 6.07) is 6.61. The fourth-order valence-corrected chi connectivity index (χ4v) is 1.91. The van der Waals surface area contributed by atoms with E-state index in [1.54, 1.807) is 0 Å². The van der Waals surface area contributed by atoms with Crippen LogP contribution in [0.2, 0.25) is 0 Å². The lowest BCUT2D eigenvalue weighted by molar-refractivity contribution is 0.650. The fourth-order valence-electron chi connectivity index (χ4n) is 1.91. The third kappa shape index (κ3) is 1.67. The average molecular weight is 187 g/mol. The first-order chi connectivity index (χ1) is 6.66. The number of benzene rings is 1. The molecule has 74 valence electrons. The molecule has 0 aliphatic rings. The summed E-state index contributed by atoms with van der Waals surface area (Å²) in [5.41, 5.74) is 4.02. The Balaban J connectivity index is 2.47. The first-order valence-electron chi connectivity index (χ1n) is 5.23. The monoisotopic (exact) mass is 187 g/mol. The van der Waals surface area contributed by atoms with Gasteiger partial charge in [0.2, 0.25) is 0 Å². The van der Waals surface area contributed by atoms with Crippen molar-refractivity contribution in [2.24, 2.45) is 5.92 Å². The molecule has 0 atom stereocenters. The minimum absolute atomic E-state index is 0.718. The lowest BCUT2D eigenvalue weighted by atomic mass is 10.0. The summed E-state index contributed by atoms with van der Waals surface area (Å²) in [7, 11) is 0. The number of fused-ring (bicyclic) bond motifs is 1. The summed E-state index contributed by atoms with van der Waals surface area (Å²) in [5, 5.41) is 1.38. The number of aromatic nitrogens is 1. The van der Waals surface area contributed by atoms with Gasteiger partial charge in [0.1, 0.15) is 0 Å². The maximum atomic E-state index is 3.33. The van der Waals surface area contributed by atoms with E-state index in [2.05, 4.69) is 50.2 Å². The molecule has 0 bridgehead atoms. The van der Waals surface area contributed by atoms with Gasteiger partial charge in [0.25, 0.3) is 0 Å². The Kier molecular flexibility index (Phi) is 2.32. The second-order valence-electron chi connectivity index (χ2n) is 4.46. The Labute approximate surface area is 85.1 Å². The van der Waals surface area contributed by atoms with Gasteiger partial charge >= 0.3 is 0 Å².